The Hall–Kier alpha value is -3.31. The lowest BCUT2D eigenvalue weighted by Crippen LogP contribution is -2.02. The number of benzene rings is 2. The summed E-state index contributed by atoms with van der Waals surface area (Å²) in [5, 5.41) is 0.860. The Bertz CT molecular complexity index is 1290. The summed E-state index contributed by atoms with van der Waals surface area (Å²) in [4.78, 5) is 8.63. The number of hydrogen-bond donors (Lipinski definition) is 0. The second-order valence-corrected chi connectivity index (χ2v) is 6.42. The van der Waals surface area contributed by atoms with Crippen LogP contribution in [-0.4, -0.2) is 14.7 Å². The molecule has 0 fully saturated rings. The minimum absolute atomic E-state index is 0.647. The van der Waals surface area contributed by atoms with Crippen molar-refractivity contribution in [3.05, 3.63) is 94.3 Å². The monoisotopic (exact) mass is 355 g/mol. The molecule has 2 aromatic rings. The quantitative estimate of drug-likeness (QED) is 0.414. The standard InChI is InChI=1S/C21H13N3OS/c26-19-12-17-20(23-13-22-17)21-16(19)11-18(14-7-3-1-4-8-14)24(25-21)15-9-5-2-6-10-15/h1-13H. The minimum Gasteiger partial charge on any atom is -0.372 e. The number of fused-ring (bicyclic) bond motifs is 2. The Morgan fingerprint density at radius 1 is 0.846 bits per heavy atom. The molecule has 0 saturated carbocycles. The van der Waals surface area contributed by atoms with Crippen LogP contribution in [0.25, 0.3) is 28.3 Å². The van der Waals surface area contributed by atoms with E-state index in [0.29, 0.717) is 9.93 Å². The van der Waals surface area contributed by atoms with Crippen LogP contribution in [0.5, 0.6) is 0 Å². The summed E-state index contributed by atoms with van der Waals surface area (Å²) in [5.41, 5.74) is 5.01. The number of para-hydroxylation sites is 1. The van der Waals surface area contributed by atoms with Crippen LogP contribution in [0.4, 0.5) is 0 Å². The molecule has 0 unspecified atom stereocenters. The third-order valence-corrected chi connectivity index (χ3v) is 4.70. The van der Waals surface area contributed by atoms with Crippen LogP contribution in [0.15, 0.2) is 83.6 Å². The molecule has 2 aromatic carbocycles. The summed E-state index contributed by atoms with van der Waals surface area (Å²) in [6.45, 7) is 0. The number of nitrogens with zero attached hydrogens (tertiary/aromatic N) is 3. The Morgan fingerprint density at radius 3 is 2.35 bits per heavy atom. The zero-order chi connectivity index (χ0) is 17.5. The summed E-state index contributed by atoms with van der Waals surface area (Å²) in [5.74, 6) is 0. The lowest BCUT2D eigenvalue weighted by Gasteiger charge is -2.14. The fraction of sp³-hybridized carbons (Fsp3) is 0. The number of imidazole rings is 1. The molecule has 2 heterocycles. The fourth-order valence-corrected chi connectivity index (χ4v) is 3.39. The van der Waals surface area contributed by atoms with E-state index >= 15 is 0 Å². The number of aromatic nitrogens is 3. The lowest BCUT2D eigenvalue weighted by molar-refractivity contribution is 0.312. The van der Waals surface area contributed by atoms with Crippen LogP contribution < -0.4 is 0 Å². The van der Waals surface area contributed by atoms with E-state index in [1.165, 1.54) is 6.33 Å². The van der Waals surface area contributed by atoms with E-state index in [9.17, 15) is 0 Å². The van der Waals surface area contributed by atoms with E-state index in [1.807, 2.05) is 59.3 Å². The Morgan fingerprint density at radius 2 is 1.58 bits per heavy atom. The molecule has 26 heavy (non-hydrogen) atoms. The normalized spacial score (nSPS) is 11.2. The Balaban J connectivity index is 1.96. The minimum atomic E-state index is 0.647. The van der Waals surface area contributed by atoms with Gasteiger partial charge in [-0.05, 0) is 24.3 Å². The van der Waals surface area contributed by atoms with Gasteiger partial charge in [-0.1, -0.05) is 60.7 Å². The Labute approximate surface area is 154 Å². The Kier molecular flexibility index (Phi) is 3.40. The maximum absolute atomic E-state index is 6.33. The van der Waals surface area contributed by atoms with E-state index < -0.39 is 0 Å². The first kappa shape index (κ1) is 15.0. The molecule has 0 atom stereocenters. The first-order valence-electron chi connectivity index (χ1n) is 8.23. The number of hydrogen-bond acceptors (Lipinski definition) is 4. The highest BCUT2D eigenvalue weighted by atomic mass is 32.1. The van der Waals surface area contributed by atoms with Crippen LogP contribution >= 0.6 is 12.2 Å². The van der Waals surface area contributed by atoms with Gasteiger partial charge < -0.3 is 4.52 Å². The van der Waals surface area contributed by atoms with E-state index in [1.54, 1.807) is 0 Å². The lowest BCUT2D eigenvalue weighted by atomic mass is 10.1. The summed E-state index contributed by atoms with van der Waals surface area (Å²) in [7, 11) is 0. The molecule has 0 spiro atoms. The molecule has 1 aliphatic carbocycles. The highest BCUT2D eigenvalue weighted by molar-refractivity contribution is 7.71. The topological polar surface area (TPSA) is 43.9 Å². The average molecular weight is 355 g/mol. The van der Waals surface area contributed by atoms with Crippen molar-refractivity contribution in [3.8, 4) is 28.3 Å². The maximum Gasteiger partial charge on any atom is 0.192 e. The molecular formula is C21H13N3OS. The fourth-order valence-electron chi connectivity index (χ4n) is 3.13. The molecule has 124 valence electrons. The summed E-state index contributed by atoms with van der Waals surface area (Å²) >= 11 is 5.58. The molecule has 0 N–H and O–H groups in total. The molecule has 0 amide bonds. The highest BCUT2D eigenvalue weighted by Gasteiger charge is 2.16. The van der Waals surface area contributed by atoms with Crippen LogP contribution in [-0.2, 0) is 0 Å². The summed E-state index contributed by atoms with van der Waals surface area (Å²) < 4.78 is 8.86. The zero-order valence-electron chi connectivity index (χ0n) is 13.7. The average Bonchev–Trinajstić information content (AvgIpc) is 3.17. The third kappa shape index (κ3) is 2.33. The molecule has 2 aliphatic heterocycles. The van der Waals surface area contributed by atoms with Gasteiger partial charge in [0.25, 0.3) is 0 Å². The smallest absolute Gasteiger partial charge is 0.192 e. The van der Waals surface area contributed by atoms with E-state index in [0.717, 1.165) is 33.6 Å². The van der Waals surface area contributed by atoms with Gasteiger partial charge in [0.1, 0.15) is 12.0 Å². The highest BCUT2D eigenvalue weighted by Crippen LogP contribution is 2.28. The van der Waals surface area contributed by atoms with Crippen LogP contribution in [0.3, 0.4) is 0 Å². The zero-order valence-corrected chi connectivity index (χ0v) is 14.5. The SMILES string of the molecule is S=c1cc2ncnc-2c2on(-c3ccccc3)c(-c3ccccc3)cc1=2. The largest absolute Gasteiger partial charge is 0.372 e. The third-order valence-electron chi connectivity index (χ3n) is 4.36. The van der Waals surface area contributed by atoms with Crippen LogP contribution in [0, 0.1) is 15.1 Å². The van der Waals surface area contributed by atoms with Gasteiger partial charge in [0.15, 0.2) is 5.42 Å². The van der Waals surface area contributed by atoms with Crippen molar-refractivity contribution < 1.29 is 4.52 Å². The molecule has 5 rings (SSSR count). The van der Waals surface area contributed by atoms with E-state index in [-0.39, 0.29) is 0 Å². The van der Waals surface area contributed by atoms with Crippen molar-refractivity contribution in [3.63, 3.8) is 0 Å². The van der Waals surface area contributed by atoms with Gasteiger partial charge >= 0.3 is 0 Å². The molecule has 0 bridgehead atoms. The van der Waals surface area contributed by atoms with Gasteiger partial charge in [0, 0.05) is 10.8 Å². The van der Waals surface area contributed by atoms with Crippen molar-refractivity contribution >= 4 is 12.2 Å². The second-order valence-electron chi connectivity index (χ2n) is 5.98. The maximum atomic E-state index is 6.33. The summed E-state index contributed by atoms with van der Waals surface area (Å²) in [6, 6.07) is 24.0. The van der Waals surface area contributed by atoms with Crippen molar-refractivity contribution in [2.45, 2.75) is 0 Å². The summed E-state index contributed by atoms with van der Waals surface area (Å²) in [6.07, 6.45) is 1.53. The van der Waals surface area contributed by atoms with Crippen molar-refractivity contribution in [1.82, 2.24) is 14.7 Å². The van der Waals surface area contributed by atoms with E-state index in [4.69, 9.17) is 16.7 Å². The molecule has 4 nitrogen and oxygen atoms in total. The van der Waals surface area contributed by atoms with Gasteiger partial charge in [-0.2, -0.15) is 4.74 Å². The van der Waals surface area contributed by atoms with Crippen molar-refractivity contribution in [1.29, 1.82) is 0 Å². The van der Waals surface area contributed by atoms with E-state index in [2.05, 4.69) is 28.2 Å². The van der Waals surface area contributed by atoms with Crippen molar-refractivity contribution in [2.24, 2.45) is 0 Å². The molecule has 3 aliphatic rings. The molecule has 0 radical (unpaired) electrons. The first-order valence-corrected chi connectivity index (χ1v) is 8.64. The second kappa shape index (κ2) is 5.89. The first-order chi connectivity index (χ1) is 12.8. The van der Waals surface area contributed by atoms with Crippen LogP contribution in [0.2, 0.25) is 0 Å². The molecule has 0 saturated heterocycles. The van der Waals surface area contributed by atoms with Crippen LogP contribution in [0.1, 0.15) is 0 Å². The number of rotatable bonds is 2. The predicted octanol–water partition coefficient (Wildman–Crippen LogP) is 5.09. The predicted molar refractivity (Wildman–Crippen MR) is 102 cm³/mol. The van der Waals surface area contributed by atoms with Gasteiger partial charge in [-0.15, -0.1) is 0 Å². The van der Waals surface area contributed by atoms with Crippen molar-refractivity contribution in [2.75, 3.05) is 0 Å². The molecule has 5 heteroatoms. The van der Waals surface area contributed by atoms with Gasteiger partial charge in [0.2, 0.25) is 0 Å². The van der Waals surface area contributed by atoms with Gasteiger partial charge in [-0.3, -0.25) is 0 Å². The van der Waals surface area contributed by atoms with Gasteiger partial charge in [-0.25, -0.2) is 9.97 Å². The van der Waals surface area contributed by atoms with Gasteiger partial charge in [0.05, 0.1) is 21.6 Å². The molecule has 0 aromatic heterocycles. The molecular weight excluding hydrogens is 342 g/mol.